The molecule has 126 valence electrons. The summed E-state index contributed by atoms with van der Waals surface area (Å²) < 4.78 is 7.30. The van der Waals surface area contributed by atoms with Gasteiger partial charge in [0.1, 0.15) is 16.6 Å². The van der Waals surface area contributed by atoms with Gasteiger partial charge < -0.3 is 4.42 Å². The van der Waals surface area contributed by atoms with Gasteiger partial charge in [-0.3, -0.25) is 0 Å². The monoisotopic (exact) mass is 342 g/mol. The van der Waals surface area contributed by atoms with E-state index in [4.69, 9.17) is 4.42 Å². The lowest BCUT2D eigenvalue weighted by molar-refractivity contribution is 0.561. The van der Waals surface area contributed by atoms with E-state index in [9.17, 15) is 4.79 Å². The second-order valence-corrected chi connectivity index (χ2v) is 6.31. The van der Waals surface area contributed by atoms with Gasteiger partial charge in [-0.25, -0.2) is 9.48 Å². The molecule has 6 nitrogen and oxygen atoms in total. The number of aromatic nitrogens is 4. The van der Waals surface area contributed by atoms with Crippen LogP contribution in [-0.2, 0) is 0 Å². The third kappa shape index (κ3) is 1.99. The van der Waals surface area contributed by atoms with Gasteiger partial charge in [0.2, 0.25) is 0 Å². The number of para-hydroxylation sites is 1. The summed E-state index contributed by atoms with van der Waals surface area (Å²) >= 11 is 0. The molecule has 5 rings (SSSR count). The maximum Gasteiger partial charge on any atom is 0.336 e. The quantitative estimate of drug-likeness (QED) is 0.343. The number of rotatable bonds is 1. The SMILES string of the molecule is Cc1cc2oc(=O)ccc2c2c1nnc1c(C)nn(-c3ccccc3)c12. The van der Waals surface area contributed by atoms with Gasteiger partial charge in [0.15, 0.2) is 0 Å². The summed E-state index contributed by atoms with van der Waals surface area (Å²) in [7, 11) is 0. The van der Waals surface area contributed by atoms with Crippen LogP contribution in [0.2, 0.25) is 0 Å². The molecular formula is C20H14N4O2. The Morgan fingerprint density at radius 1 is 0.962 bits per heavy atom. The Morgan fingerprint density at radius 2 is 1.73 bits per heavy atom. The molecule has 0 unspecified atom stereocenters. The highest BCUT2D eigenvalue weighted by Gasteiger charge is 2.18. The van der Waals surface area contributed by atoms with Gasteiger partial charge in [0.05, 0.1) is 16.9 Å². The van der Waals surface area contributed by atoms with Crippen molar-refractivity contribution in [1.82, 2.24) is 20.0 Å². The van der Waals surface area contributed by atoms with Crippen molar-refractivity contribution >= 4 is 32.9 Å². The fourth-order valence-corrected chi connectivity index (χ4v) is 3.42. The molecule has 0 aliphatic rings. The zero-order valence-electron chi connectivity index (χ0n) is 14.2. The molecular weight excluding hydrogens is 328 g/mol. The van der Waals surface area contributed by atoms with Gasteiger partial charge in [0, 0.05) is 16.8 Å². The van der Waals surface area contributed by atoms with E-state index in [1.165, 1.54) is 6.07 Å². The van der Waals surface area contributed by atoms with Gasteiger partial charge in [-0.15, -0.1) is 10.2 Å². The van der Waals surface area contributed by atoms with Crippen molar-refractivity contribution in [3.8, 4) is 5.69 Å². The molecule has 3 aromatic heterocycles. The summed E-state index contributed by atoms with van der Waals surface area (Å²) in [6.07, 6.45) is 0. The summed E-state index contributed by atoms with van der Waals surface area (Å²) in [6.45, 7) is 3.85. The van der Waals surface area contributed by atoms with Crippen LogP contribution < -0.4 is 5.63 Å². The van der Waals surface area contributed by atoms with Crippen LogP contribution in [0, 0.1) is 13.8 Å². The maximum absolute atomic E-state index is 11.7. The first-order valence-corrected chi connectivity index (χ1v) is 8.28. The molecule has 0 aliphatic heterocycles. The lowest BCUT2D eigenvalue weighted by atomic mass is 10.0. The van der Waals surface area contributed by atoms with Crippen LogP contribution in [0.15, 0.2) is 57.7 Å². The van der Waals surface area contributed by atoms with Crippen LogP contribution in [0.5, 0.6) is 0 Å². The third-order valence-electron chi connectivity index (χ3n) is 4.61. The Hall–Kier alpha value is -3.54. The second-order valence-electron chi connectivity index (χ2n) is 6.31. The van der Waals surface area contributed by atoms with Gasteiger partial charge in [-0.1, -0.05) is 18.2 Å². The molecule has 0 fully saturated rings. The predicted octanol–water partition coefficient (Wildman–Crippen LogP) is 3.69. The van der Waals surface area contributed by atoms with Crippen molar-refractivity contribution in [2.24, 2.45) is 0 Å². The first-order valence-electron chi connectivity index (χ1n) is 8.28. The van der Waals surface area contributed by atoms with Gasteiger partial charge >= 0.3 is 5.63 Å². The Labute approximate surface area is 147 Å². The summed E-state index contributed by atoms with van der Waals surface area (Å²) in [6, 6.07) is 14.9. The molecule has 0 saturated carbocycles. The smallest absolute Gasteiger partial charge is 0.336 e. The molecule has 26 heavy (non-hydrogen) atoms. The highest BCUT2D eigenvalue weighted by Crippen LogP contribution is 2.33. The van der Waals surface area contributed by atoms with E-state index >= 15 is 0 Å². The fraction of sp³-hybridized carbons (Fsp3) is 0.100. The number of hydrogen-bond acceptors (Lipinski definition) is 5. The van der Waals surface area contributed by atoms with Crippen molar-refractivity contribution in [3.63, 3.8) is 0 Å². The molecule has 0 saturated heterocycles. The zero-order valence-corrected chi connectivity index (χ0v) is 14.2. The van der Waals surface area contributed by atoms with Crippen molar-refractivity contribution in [2.45, 2.75) is 13.8 Å². The maximum atomic E-state index is 11.7. The Morgan fingerprint density at radius 3 is 2.54 bits per heavy atom. The largest absolute Gasteiger partial charge is 0.423 e. The molecule has 0 N–H and O–H groups in total. The molecule has 2 aromatic carbocycles. The van der Waals surface area contributed by atoms with E-state index in [0.717, 1.165) is 44.3 Å². The van der Waals surface area contributed by atoms with Crippen molar-refractivity contribution < 1.29 is 4.42 Å². The number of nitrogens with zero attached hydrogens (tertiary/aromatic N) is 4. The summed E-state index contributed by atoms with van der Waals surface area (Å²) in [5.74, 6) is 0. The predicted molar refractivity (Wildman–Crippen MR) is 99.7 cm³/mol. The molecule has 0 atom stereocenters. The minimum absolute atomic E-state index is 0.373. The molecule has 6 heteroatoms. The third-order valence-corrected chi connectivity index (χ3v) is 4.61. The van der Waals surface area contributed by atoms with Crippen LogP contribution in [0.3, 0.4) is 0 Å². The lowest BCUT2D eigenvalue weighted by Gasteiger charge is -2.09. The first-order chi connectivity index (χ1) is 12.6. The standard InChI is InChI=1S/C20H14N4O2/c1-11-10-15-14(8-9-16(25)26-15)17-18(11)21-22-19-12(2)23-24(20(17)19)13-6-4-3-5-7-13/h3-10H,1-2H3. The van der Waals surface area contributed by atoms with Crippen molar-refractivity contribution in [1.29, 1.82) is 0 Å². The number of fused-ring (bicyclic) bond motifs is 5. The highest BCUT2D eigenvalue weighted by atomic mass is 16.4. The summed E-state index contributed by atoms with van der Waals surface area (Å²) in [5.41, 5.74) is 5.17. The Balaban J connectivity index is 2.08. The van der Waals surface area contributed by atoms with E-state index in [1.54, 1.807) is 6.07 Å². The molecule has 0 spiro atoms. The number of hydrogen-bond donors (Lipinski definition) is 0. The average Bonchev–Trinajstić information content (AvgIpc) is 2.99. The van der Waals surface area contributed by atoms with Gasteiger partial charge in [0.25, 0.3) is 0 Å². The fourth-order valence-electron chi connectivity index (χ4n) is 3.42. The van der Waals surface area contributed by atoms with E-state index in [-0.39, 0.29) is 5.63 Å². The van der Waals surface area contributed by atoms with E-state index in [2.05, 4.69) is 15.3 Å². The van der Waals surface area contributed by atoms with Gasteiger partial charge in [-0.05, 0) is 43.7 Å². The summed E-state index contributed by atoms with van der Waals surface area (Å²) in [5, 5.41) is 15.2. The van der Waals surface area contributed by atoms with Gasteiger partial charge in [-0.2, -0.15) is 5.10 Å². The highest BCUT2D eigenvalue weighted by molar-refractivity contribution is 6.17. The van der Waals surface area contributed by atoms with Crippen LogP contribution in [-0.4, -0.2) is 20.0 Å². The second kappa shape index (κ2) is 5.23. The van der Waals surface area contributed by atoms with Crippen LogP contribution in [0.4, 0.5) is 0 Å². The molecule has 3 heterocycles. The molecule has 0 bridgehead atoms. The Bertz CT molecular complexity index is 1370. The topological polar surface area (TPSA) is 73.8 Å². The Kier molecular flexibility index (Phi) is 2.97. The molecule has 0 radical (unpaired) electrons. The van der Waals surface area contributed by atoms with Crippen LogP contribution in [0.1, 0.15) is 11.3 Å². The minimum atomic E-state index is -0.373. The van der Waals surface area contributed by atoms with Crippen LogP contribution >= 0.6 is 0 Å². The van der Waals surface area contributed by atoms with Crippen molar-refractivity contribution in [3.05, 3.63) is 70.2 Å². The molecule has 5 aromatic rings. The van der Waals surface area contributed by atoms with E-state index in [1.807, 2.05) is 54.9 Å². The lowest BCUT2D eigenvalue weighted by Crippen LogP contribution is -2.00. The first kappa shape index (κ1) is 14.8. The zero-order chi connectivity index (χ0) is 17.8. The molecule has 0 aliphatic carbocycles. The number of benzene rings is 2. The average molecular weight is 342 g/mol. The minimum Gasteiger partial charge on any atom is -0.423 e. The van der Waals surface area contributed by atoms with Crippen LogP contribution in [0.25, 0.3) is 38.6 Å². The normalized spacial score (nSPS) is 11.6. The van der Waals surface area contributed by atoms with E-state index in [0.29, 0.717) is 5.58 Å². The molecule has 0 amide bonds. The van der Waals surface area contributed by atoms with E-state index < -0.39 is 0 Å². The van der Waals surface area contributed by atoms with Crippen molar-refractivity contribution in [2.75, 3.05) is 0 Å². The number of aryl methyl sites for hydroxylation is 2. The summed E-state index contributed by atoms with van der Waals surface area (Å²) in [4.78, 5) is 11.7.